The van der Waals surface area contributed by atoms with Crippen molar-refractivity contribution in [2.45, 2.75) is 6.42 Å². The maximum absolute atomic E-state index is 13.8. The van der Waals surface area contributed by atoms with Gasteiger partial charge in [-0.05, 0) is 55.8 Å². The maximum Gasteiger partial charge on any atom is 0.411 e. The Morgan fingerprint density at radius 1 is 1.36 bits per heavy atom. The van der Waals surface area contributed by atoms with Crippen LogP contribution in [0.15, 0.2) is 42.5 Å². The predicted octanol–water partition coefficient (Wildman–Crippen LogP) is 4.58. The molecule has 25 heavy (non-hydrogen) atoms. The monoisotopic (exact) mass is 362 g/mol. The Bertz CT molecular complexity index is 764. The quantitative estimate of drug-likeness (QED) is 0.865. The molecule has 2 aromatic rings. The van der Waals surface area contributed by atoms with Crippen LogP contribution in [-0.4, -0.2) is 42.8 Å². The molecule has 0 saturated carbocycles. The van der Waals surface area contributed by atoms with E-state index in [-0.39, 0.29) is 10.9 Å². The molecule has 1 saturated heterocycles. The Hall–Kier alpha value is -2.11. The fourth-order valence-electron chi connectivity index (χ4n) is 3.38. The van der Waals surface area contributed by atoms with Gasteiger partial charge in [-0.25, -0.2) is 9.18 Å². The van der Waals surface area contributed by atoms with E-state index in [0.717, 1.165) is 19.5 Å². The minimum atomic E-state index is -1.01. The largest absolute Gasteiger partial charge is 0.465 e. The van der Waals surface area contributed by atoms with Gasteiger partial charge < -0.3 is 10.0 Å². The van der Waals surface area contributed by atoms with Gasteiger partial charge in [0.2, 0.25) is 0 Å². The van der Waals surface area contributed by atoms with Gasteiger partial charge in [0, 0.05) is 23.7 Å². The number of hydrogen-bond donors (Lipinski definition) is 1. The van der Waals surface area contributed by atoms with Gasteiger partial charge in [-0.1, -0.05) is 29.8 Å². The third kappa shape index (κ3) is 4.11. The van der Waals surface area contributed by atoms with Crippen molar-refractivity contribution in [3.8, 4) is 11.1 Å². The highest BCUT2D eigenvalue weighted by molar-refractivity contribution is 6.30. The van der Waals surface area contributed by atoms with E-state index >= 15 is 0 Å². The third-order valence-electron chi connectivity index (χ3n) is 4.53. The number of nitrogens with zero attached hydrogens (tertiary/aromatic N) is 2. The van der Waals surface area contributed by atoms with Crippen molar-refractivity contribution in [1.29, 1.82) is 0 Å². The summed E-state index contributed by atoms with van der Waals surface area (Å²) in [5.41, 5.74) is 1.76. The van der Waals surface area contributed by atoms with Crippen LogP contribution in [0.25, 0.3) is 11.1 Å². The summed E-state index contributed by atoms with van der Waals surface area (Å²) in [6.07, 6.45) is -0.0432. The molecular weight excluding hydrogens is 343 g/mol. The number of anilines is 1. The summed E-state index contributed by atoms with van der Waals surface area (Å²) in [5.74, 6) is -0.165. The first-order chi connectivity index (χ1) is 11.9. The number of rotatable bonds is 4. The van der Waals surface area contributed by atoms with E-state index < -0.39 is 11.9 Å². The van der Waals surface area contributed by atoms with Gasteiger partial charge in [-0.15, -0.1) is 0 Å². The van der Waals surface area contributed by atoms with Crippen LogP contribution in [0.3, 0.4) is 0 Å². The lowest BCUT2D eigenvalue weighted by Crippen LogP contribution is -2.35. The highest BCUT2D eigenvalue weighted by Gasteiger charge is 2.26. The Morgan fingerprint density at radius 2 is 2.12 bits per heavy atom. The number of carbonyl (C=O) groups is 1. The second kappa shape index (κ2) is 7.42. The summed E-state index contributed by atoms with van der Waals surface area (Å²) < 4.78 is 13.8. The molecule has 1 fully saturated rings. The van der Waals surface area contributed by atoms with Gasteiger partial charge in [-0.2, -0.15) is 0 Å². The Morgan fingerprint density at radius 3 is 2.76 bits per heavy atom. The highest BCUT2D eigenvalue weighted by Crippen LogP contribution is 2.34. The number of hydrogen-bond acceptors (Lipinski definition) is 2. The zero-order chi connectivity index (χ0) is 18.0. The summed E-state index contributed by atoms with van der Waals surface area (Å²) in [7, 11) is 2.04. The third-order valence-corrected chi connectivity index (χ3v) is 4.75. The first-order valence-electron chi connectivity index (χ1n) is 8.18. The molecule has 1 heterocycles. The van der Waals surface area contributed by atoms with Crippen LogP contribution < -0.4 is 4.90 Å². The molecule has 0 unspecified atom stereocenters. The molecule has 0 aliphatic carbocycles. The van der Waals surface area contributed by atoms with Crippen LogP contribution in [0.1, 0.15) is 6.42 Å². The molecule has 0 radical (unpaired) electrons. The summed E-state index contributed by atoms with van der Waals surface area (Å²) in [4.78, 5) is 15.5. The van der Waals surface area contributed by atoms with E-state index in [1.807, 2.05) is 7.05 Å². The number of likely N-dealkylation sites (tertiary alicyclic amines) is 1. The van der Waals surface area contributed by atoms with Gasteiger partial charge in [0.15, 0.2) is 0 Å². The fourth-order valence-corrected chi connectivity index (χ4v) is 3.60. The lowest BCUT2D eigenvalue weighted by atomic mass is 10.0. The van der Waals surface area contributed by atoms with E-state index in [4.69, 9.17) is 11.6 Å². The second-order valence-electron chi connectivity index (χ2n) is 6.49. The molecule has 6 heteroatoms. The van der Waals surface area contributed by atoms with Crippen molar-refractivity contribution >= 4 is 23.4 Å². The second-order valence-corrected chi connectivity index (χ2v) is 6.92. The fraction of sp³-hybridized carbons (Fsp3) is 0.316. The number of para-hydroxylation sites is 1. The summed E-state index contributed by atoms with van der Waals surface area (Å²) in [6, 6.07) is 11.4. The minimum Gasteiger partial charge on any atom is -0.465 e. The Balaban J connectivity index is 1.98. The van der Waals surface area contributed by atoms with Crippen molar-refractivity contribution in [2.75, 3.05) is 31.6 Å². The maximum atomic E-state index is 13.8. The molecule has 0 bridgehead atoms. The highest BCUT2D eigenvalue weighted by atomic mass is 35.5. The van der Waals surface area contributed by atoms with Crippen LogP contribution in [-0.2, 0) is 0 Å². The van der Waals surface area contributed by atoms with Crippen molar-refractivity contribution in [2.24, 2.45) is 5.92 Å². The van der Waals surface area contributed by atoms with Gasteiger partial charge in [0.25, 0.3) is 0 Å². The van der Waals surface area contributed by atoms with Crippen molar-refractivity contribution < 1.29 is 14.3 Å². The average molecular weight is 363 g/mol. The zero-order valence-electron chi connectivity index (χ0n) is 14.0. The molecule has 3 rings (SSSR count). The van der Waals surface area contributed by atoms with Crippen molar-refractivity contribution in [1.82, 2.24) is 4.90 Å². The SMILES string of the molecule is CN1CC[C@@H](CN(C(=O)O)c2ccccc2-c2cc(F)cc(Cl)c2)C1. The van der Waals surface area contributed by atoms with Gasteiger partial charge in [0.1, 0.15) is 5.82 Å². The van der Waals surface area contributed by atoms with Crippen molar-refractivity contribution in [3.05, 3.63) is 53.3 Å². The molecule has 1 atom stereocenters. The average Bonchev–Trinajstić information content (AvgIpc) is 2.97. The molecule has 1 aliphatic rings. The molecule has 0 aromatic heterocycles. The minimum absolute atomic E-state index is 0.282. The molecule has 2 aromatic carbocycles. The van der Waals surface area contributed by atoms with Crippen LogP contribution in [0.2, 0.25) is 5.02 Å². The van der Waals surface area contributed by atoms with Crippen molar-refractivity contribution in [3.63, 3.8) is 0 Å². The van der Waals surface area contributed by atoms with E-state index in [1.165, 1.54) is 17.0 Å². The molecule has 4 nitrogen and oxygen atoms in total. The lowest BCUT2D eigenvalue weighted by Gasteiger charge is -2.25. The van der Waals surface area contributed by atoms with Crippen LogP contribution >= 0.6 is 11.6 Å². The topological polar surface area (TPSA) is 43.8 Å². The smallest absolute Gasteiger partial charge is 0.411 e. The molecule has 1 amide bonds. The summed E-state index contributed by atoms with van der Waals surface area (Å²) in [6.45, 7) is 2.26. The molecule has 0 spiro atoms. The van der Waals surface area contributed by atoms with Crippen LogP contribution in [0.4, 0.5) is 14.9 Å². The number of benzene rings is 2. The molecule has 1 aliphatic heterocycles. The van der Waals surface area contributed by atoms with E-state index in [9.17, 15) is 14.3 Å². The number of halogens is 2. The first kappa shape index (κ1) is 17.7. The Labute approximate surface area is 151 Å². The van der Waals surface area contributed by atoms with Crippen LogP contribution in [0.5, 0.6) is 0 Å². The predicted molar refractivity (Wildman–Crippen MR) is 97.8 cm³/mol. The standard InChI is InChI=1S/C19H20ClFN2O2/c1-22-7-6-13(11-22)12-23(19(24)25)18-5-3-2-4-17(18)14-8-15(20)10-16(21)9-14/h2-5,8-10,13H,6-7,11-12H2,1H3,(H,24,25)/t13-/m1/s1. The van der Waals surface area contributed by atoms with Gasteiger partial charge in [-0.3, -0.25) is 4.90 Å². The molecule has 1 N–H and O–H groups in total. The van der Waals surface area contributed by atoms with E-state index in [1.54, 1.807) is 30.3 Å². The summed E-state index contributed by atoms with van der Waals surface area (Å²) >= 11 is 5.97. The van der Waals surface area contributed by atoms with E-state index in [0.29, 0.717) is 23.4 Å². The molecule has 132 valence electrons. The van der Waals surface area contributed by atoms with Gasteiger partial charge >= 0.3 is 6.09 Å². The number of amides is 1. The van der Waals surface area contributed by atoms with Gasteiger partial charge in [0.05, 0.1) is 5.69 Å². The lowest BCUT2D eigenvalue weighted by molar-refractivity contribution is 0.200. The Kier molecular flexibility index (Phi) is 5.25. The van der Waals surface area contributed by atoms with E-state index in [2.05, 4.69) is 4.90 Å². The number of carboxylic acid groups (broad SMARTS) is 1. The zero-order valence-corrected chi connectivity index (χ0v) is 14.7. The van der Waals surface area contributed by atoms with Crippen LogP contribution in [0, 0.1) is 11.7 Å². The molecular formula is C19H20ClFN2O2. The summed E-state index contributed by atoms with van der Waals surface area (Å²) in [5, 5.41) is 10.0. The first-order valence-corrected chi connectivity index (χ1v) is 8.56. The normalized spacial score (nSPS) is 17.6.